The molecule has 3 aromatic carbocycles. The molecule has 48 heavy (non-hydrogen) atoms. The second-order valence-electron chi connectivity index (χ2n) is 12.1. The van der Waals surface area contributed by atoms with Crippen LogP contribution in [0.1, 0.15) is 29.9 Å². The van der Waals surface area contributed by atoms with Gasteiger partial charge < -0.3 is 5.11 Å². The van der Waals surface area contributed by atoms with Gasteiger partial charge in [-0.2, -0.15) is 0 Å². The Morgan fingerprint density at radius 3 is 2.10 bits per heavy atom. The van der Waals surface area contributed by atoms with Gasteiger partial charge in [-0.1, -0.05) is 57.9 Å². The monoisotopic (exact) mass is 768 g/mol. The van der Waals surface area contributed by atoms with Crippen molar-refractivity contribution in [3.8, 4) is 5.75 Å². The fourth-order valence-corrected chi connectivity index (χ4v) is 8.96. The smallest absolute Gasteiger partial charge is 0.258 e. The van der Waals surface area contributed by atoms with E-state index in [2.05, 4.69) is 15.9 Å². The number of likely N-dealkylation sites (tertiary alicyclic amines) is 1. The Balaban J connectivity index is 1.42. The normalized spacial score (nSPS) is 29.6. The first kappa shape index (κ1) is 32.7. The molecule has 2 heterocycles. The fraction of sp³-hybridized carbons (Fsp3) is 0.273. The number of amides is 4. The molecule has 4 aliphatic rings. The number of benzene rings is 3. The Morgan fingerprint density at radius 1 is 0.833 bits per heavy atom. The highest BCUT2D eigenvalue weighted by Gasteiger charge is 2.77. The van der Waals surface area contributed by atoms with Gasteiger partial charge in [0.2, 0.25) is 17.6 Å². The highest BCUT2D eigenvalue weighted by atomic mass is 79.9. The molecule has 0 bridgehead atoms. The van der Waals surface area contributed by atoms with Crippen LogP contribution in [0.2, 0.25) is 0 Å². The van der Waals surface area contributed by atoms with Crippen molar-refractivity contribution >= 4 is 68.4 Å². The molecular formula is C33H20BrCl2F5N2O5. The number of alkyl halides is 2. The maximum atomic E-state index is 15.2. The van der Waals surface area contributed by atoms with Crippen LogP contribution in [0.5, 0.6) is 5.75 Å². The molecule has 248 valence electrons. The van der Waals surface area contributed by atoms with E-state index in [0.717, 1.165) is 4.90 Å². The lowest BCUT2D eigenvalue weighted by molar-refractivity contribution is -0.141. The van der Waals surface area contributed by atoms with Crippen LogP contribution in [-0.4, -0.2) is 43.4 Å². The molecule has 0 aromatic heterocycles. The lowest BCUT2D eigenvalue weighted by Crippen LogP contribution is -2.60. The van der Waals surface area contributed by atoms with Crippen molar-refractivity contribution in [3.63, 3.8) is 0 Å². The summed E-state index contributed by atoms with van der Waals surface area (Å²) in [6.45, 7) is -0.0552. The van der Waals surface area contributed by atoms with Crippen LogP contribution < -0.4 is 4.90 Å². The van der Waals surface area contributed by atoms with Gasteiger partial charge in [-0.05, 0) is 42.5 Å². The molecule has 7 nitrogen and oxygen atoms in total. The van der Waals surface area contributed by atoms with Crippen LogP contribution >= 0.6 is 39.1 Å². The van der Waals surface area contributed by atoms with Gasteiger partial charge in [0, 0.05) is 16.0 Å². The Labute approximate surface area is 287 Å². The van der Waals surface area contributed by atoms with E-state index in [4.69, 9.17) is 23.2 Å². The third-order valence-corrected chi connectivity index (χ3v) is 11.7. The maximum Gasteiger partial charge on any atom is 0.258 e. The number of imide groups is 2. The summed E-state index contributed by atoms with van der Waals surface area (Å²) in [6.07, 6.45) is 0.918. The molecule has 4 amide bonds. The fourth-order valence-electron chi connectivity index (χ4n) is 7.66. The molecular weight excluding hydrogens is 750 g/mol. The van der Waals surface area contributed by atoms with Gasteiger partial charge in [0.05, 0.1) is 18.4 Å². The van der Waals surface area contributed by atoms with Gasteiger partial charge in [0.1, 0.15) is 11.4 Å². The second kappa shape index (κ2) is 11.1. The van der Waals surface area contributed by atoms with E-state index in [9.17, 15) is 37.5 Å². The second-order valence-corrected chi connectivity index (χ2v) is 14.3. The molecule has 1 saturated carbocycles. The predicted molar refractivity (Wildman–Crippen MR) is 164 cm³/mol. The summed E-state index contributed by atoms with van der Waals surface area (Å²) in [6, 6.07) is 12.7. The number of carbonyl (C=O) groups is 4. The highest BCUT2D eigenvalue weighted by molar-refractivity contribution is 9.10. The molecule has 3 fully saturated rings. The van der Waals surface area contributed by atoms with E-state index in [1.165, 1.54) is 18.2 Å². The molecule has 3 aromatic rings. The third kappa shape index (κ3) is 4.22. The molecule has 7 rings (SSSR count). The summed E-state index contributed by atoms with van der Waals surface area (Å²) in [5.41, 5.74) is -1.06. The number of hydrogen-bond donors (Lipinski definition) is 1. The number of rotatable bonds is 4. The van der Waals surface area contributed by atoms with E-state index in [1.54, 1.807) is 36.4 Å². The Bertz CT molecular complexity index is 1990. The number of nitrogens with zero attached hydrogens (tertiary/aromatic N) is 2. The van der Waals surface area contributed by atoms with Crippen molar-refractivity contribution in [3.05, 3.63) is 105 Å². The molecule has 0 radical (unpaired) electrons. The van der Waals surface area contributed by atoms with Gasteiger partial charge in [-0.15, -0.1) is 23.2 Å². The Morgan fingerprint density at radius 2 is 1.46 bits per heavy atom. The standard InChI is InChI=1S/C33H20BrCl2F5N2O5/c34-14-6-9-19(44)17(10-14)21-15-7-8-16-20(29(46)42(28(16)45)12-13-4-2-1-3-5-13)18(15)11-32(35)30(47)43(31(48)33(21,32)36)27-25(40)23(38)22(37)24(39)26(27)41/h1-7,9-10,16,18,20-21,44H,8,11-12H2/t16-,18+,20-,21+,32+,33-/m0/s1. The quantitative estimate of drug-likeness (QED) is 0.0805. The Hall–Kier alpha value is -3.81. The van der Waals surface area contributed by atoms with Crippen LogP contribution in [-0.2, 0) is 25.7 Å². The van der Waals surface area contributed by atoms with Gasteiger partial charge >= 0.3 is 0 Å². The van der Waals surface area contributed by atoms with Crippen LogP contribution in [0.15, 0.2) is 64.7 Å². The first-order chi connectivity index (χ1) is 22.6. The minimum absolute atomic E-state index is 0.0105. The van der Waals surface area contributed by atoms with Crippen molar-refractivity contribution in [2.45, 2.75) is 35.1 Å². The first-order valence-corrected chi connectivity index (χ1v) is 16.1. The molecule has 2 aliphatic carbocycles. The zero-order valence-corrected chi connectivity index (χ0v) is 27.2. The maximum absolute atomic E-state index is 15.2. The Kier molecular flexibility index (Phi) is 7.57. The van der Waals surface area contributed by atoms with Gasteiger partial charge in [0.15, 0.2) is 33.0 Å². The number of aromatic hydroxyl groups is 1. The molecule has 6 atom stereocenters. The van der Waals surface area contributed by atoms with Crippen LogP contribution in [0.25, 0.3) is 0 Å². The number of allylic oxidation sites excluding steroid dienone is 2. The van der Waals surface area contributed by atoms with Crippen LogP contribution in [0.3, 0.4) is 0 Å². The SMILES string of the molecule is O=C1[C@H]2[C@H](CC=C3[C@H]2C[C@@]2(Cl)C(=O)N(c4c(F)c(F)c(F)c(F)c4F)C(=O)[C@@]2(Cl)[C@H]3c2cc(Br)ccc2O)C(=O)N1Cc1ccccc1. The summed E-state index contributed by atoms with van der Waals surface area (Å²) in [4.78, 5) is 51.6. The van der Waals surface area contributed by atoms with E-state index in [1.807, 2.05) is 0 Å². The number of carbonyl (C=O) groups excluding carboxylic acids is 4. The van der Waals surface area contributed by atoms with Crippen LogP contribution in [0, 0.1) is 46.8 Å². The topological polar surface area (TPSA) is 95.0 Å². The number of hydrogen-bond acceptors (Lipinski definition) is 5. The van der Waals surface area contributed by atoms with Crippen molar-refractivity contribution < 1.29 is 46.2 Å². The summed E-state index contributed by atoms with van der Waals surface area (Å²) in [5.74, 6) is -21.7. The lowest BCUT2D eigenvalue weighted by atomic mass is 9.56. The summed E-state index contributed by atoms with van der Waals surface area (Å²) in [7, 11) is 0. The first-order valence-electron chi connectivity index (χ1n) is 14.5. The predicted octanol–water partition coefficient (Wildman–Crippen LogP) is 6.61. The zero-order chi connectivity index (χ0) is 34.6. The van der Waals surface area contributed by atoms with Crippen molar-refractivity contribution in [1.29, 1.82) is 0 Å². The van der Waals surface area contributed by atoms with Gasteiger partial charge in [-0.25, -0.2) is 26.9 Å². The number of halogens is 8. The van der Waals surface area contributed by atoms with Crippen molar-refractivity contribution in [2.24, 2.45) is 17.8 Å². The van der Waals surface area contributed by atoms with Gasteiger partial charge in [-0.3, -0.25) is 24.1 Å². The van der Waals surface area contributed by atoms with E-state index < -0.39 is 104 Å². The molecule has 2 aliphatic heterocycles. The molecule has 1 N–H and O–H groups in total. The molecule has 0 spiro atoms. The van der Waals surface area contributed by atoms with Crippen molar-refractivity contribution in [2.75, 3.05) is 4.90 Å². The highest BCUT2D eigenvalue weighted by Crippen LogP contribution is 2.66. The van der Waals surface area contributed by atoms with E-state index >= 15 is 8.78 Å². The molecule has 0 unspecified atom stereocenters. The van der Waals surface area contributed by atoms with E-state index in [0.29, 0.717) is 10.0 Å². The molecule has 15 heteroatoms. The zero-order valence-electron chi connectivity index (χ0n) is 24.1. The third-order valence-electron chi connectivity index (χ3n) is 9.80. The lowest BCUT2D eigenvalue weighted by Gasteiger charge is -2.50. The van der Waals surface area contributed by atoms with Gasteiger partial charge in [0.25, 0.3) is 11.8 Å². The average molecular weight is 770 g/mol. The number of phenols is 1. The van der Waals surface area contributed by atoms with Crippen LogP contribution in [0.4, 0.5) is 27.6 Å². The minimum atomic E-state index is -2.73. The average Bonchev–Trinajstić information content (AvgIpc) is 3.39. The number of phenolic OH excluding ortho intramolecular Hbond substituents is 1. The minimum Gasteiger partial charge on any atom is -0.508 e. The molecule has 2 saturated heterocycles. The largest absolute Gasteiger partial charge is 0.508 e. The number of fused-ring (bicyclic) bond motifs is 4. The van der Waals surface area contributed by atoms with E-state index in [-0.39, 0.29) is 29.0 Å². The summed E-state index contributed by atoms with van der Waals surface area (Å²) >= 11 is 17.4. The number of anilines is 1. The summed E-state index contributed by atoms with van der Waals surface area (Å²) in [5, 5.41) is 11.1. The van der Waals surface area contributed by atoms with Crippen molar-refractivity contribution in [1.82, 2.24) is 4.90 Å². The summed E-state index contributed by atoms with van der Waals surface area (Å²) < 4.78 is 73.4.